The molecule has 31 heavy (non-hydrogen) atoms. The summed E-state index contributed by atoms with van der Waals surface area (Å²) < 4.78 is 0. The summed E-state index contributed by atoms with van der Waals surface area (Å²) in [6.07, 6.45) is 0. The number of hydrogen-bond donors (Lipinski definition) is 1. The van der Waals surface area contributed by atoms with E-state index in [1.54, 1.807) is 9.80 Å². The van der Waals surface area contributed by atoms with Gasteiger partial charge in [-0.2, -0.15) is 0 Å². The Balaban J connectivity index is 1.76. The van der Waals surface area contributed by atoms with Crippen LogP contribution in [0, 0.1) is 5.92 Å². The molecule has 1 fully saturated rings. The number of nitrogens with one attached hydrogen (secondary N) is 1. The molecule has 5 nitrogen and oxygen atoms in total. The summed E-state index contributed by atoms with van der Waals surface area (Å²) in [6.45, 7) is 7.13. The second-order valence-corrected chi connectivity index (χ2v) is 9.60. The number of benzene rings is 2. The number of nitrogens with zero attached hydrogens (tertiary/aromatic N) is 2. The molecule has 2 aromatic carbocycles. The Morgan fingerprint density at radius 3 is 2.58 bits per heavy atom. The van der Waals surface area contributed by atoms with Crippen LogP contribution in [-0.2, 0) is 15.1 Å². The standard InChI is InChI=1S/C25H26ClN3O2/c1-15(2)12-28-14-21(30)29-13-18(16-8-4-6-10-19(16)26)22-17-9-5-7-11-20(17)27-23(22)25(29,3)24(28)31/h4-11,15,18,27H,12-14H2,1-3H3/t18?,25-/m0/s1. The highest BCUT2D eigenvalue weighted by atomic mass is 35.5. The van der Waals surface area contributed by atoms with Crippen molar-refractivity contribution in [3.05, 3.63) is 70.4 Å². The van der Waals surface area contributed by atoms with Gasteiger partial charge in [0.1, 0.15) is 0 Å². The third-order valence-corrected chi connectivity index (χ3v) is 7.03. The smallest absolute Gasteiger partial charge is 0.254 e. The van der Waals surface area contributed by atoms with Crippen molar-refractivity contribution in [2.45, 2.75) is 32.2 Å². The van der Waals surface area contributed by atoms with Gasteiger partial charge in [0.2, 0.25) is 5.91 Å². The predicted octanol–water partition coefficient (Wildman–Crippen LogP) is 4.51. The van der Waals surface area contributed by atoms with Crippen molar-refractivity contribution in [3.63, 3.8) is 0 Å². The fraction of sp³-hybridized carbons (Fsp3) is 0.360. The first-order valence-electron chi connectivity index (χ1n) is 10.8. The van der Waals surface area contributed by atoms with Crippen molar-refractivity contribution in [1.82, 2.24) is 14.8 Å². The topological polar surface area (TPSA) is 56.4 Å². The first kappa shape index (κ1) is 20.1. The van der Waals surface area contributed by atoms with Gasteiger partial charge in [0, 0.05) is 34.9 Å². The van der Waals surface area contributed by atoms with E-state index in [2.05, 4.69) is 24.9 Å². The average molecular weight is 436 g/mol. The van der Waals surface area contributed by atoms with Crippen LogP contribution in [0.25, 0.3) is 10.9 Å². The van der Waals surface area contributed by atoms with E-state index in [0.29, 0.717) is 18.1 Å². The number of para-hydroxylation sites is 1. The number of halogens is 1. The Hall–Kier alpha value is -2.79. The van der Waals surface area contributed by atoms with Crippen LogP contribution < -0.4 is 0 Å². The zero-order valence-corrected chi connectivity index (χ0v) is 18.7. The van der Waals surface area contributed by atoms with Crippen LogP contribution in [0.3, 0.4) is 0 Å². The molecule has 1 unspecified atom stereocenters. The number of H-pyrrole nitrogens is 1. The van der Waals surface area contributed by atoms with Gasteiger partial charge in [0.15, 0.2) is 5.54 Å². The summed E-state index contributed by atoms with van der Waals surface area (Å²) in [4.78, 5) is 34.1. The van der Waals surface area contributed by atoms with Gasteiger partial charge in [-0.25, -0.2) is 0 Å². The normalized spacial score (nSPS) is 23.5. The van der Waals surface area contributed by atoms with E-state index in [4.69, 9.17) is 11.6 Å². The molecule has 6 heteroatoms. The van der Waals surface area contributed by atoms with Gasteiger partial charge in [-0.1, -0.05) is 61.8 Å². The summed E-state index contributed by atoms with van der Waals surface area (Å²) in [5.41, 5.74) is 2.75. The van der Waals surface area contributed by atoms with E-state index in [-0.39, 0.29) is 30.2 Å². The van der Waals surface area contributed by atoms with Crippen molar-refractivity contribution < 1.29 is 9.59 Å². The maximum atomic E-state index is 13.8. The molecule has 0 bridgehead atoms. The largest absolute Gasteiger partial charge is 0.356 e. The number of carbonyl (C=O) groups is 2. The van der Waals surface area contributed by atoms with Crippen molar-refractivity contribution in [1.29, 1.82) is 0 Å². The summed E-state index contributed by atoms with van der Waals surface area (Å²) in [7, 11) is 0. The molecule has 5 rings (SSSR count). The van der Waals surface area contributed by atoms with Gasteiger partial charge in [0.25, 0.3) is 5.91 Å². The first-order chi connectivity index (χ1) is 14.8. The Labute approximate surface area is 187 Å². The quantitative estimate of drug-likeness (QED) is 0.658. The van der Waals surface area contributed by atoms with E-state index >= 15 is 0 Å². The molecule has 0 radical (unpaired) electrons. The number of aromatic amines is 1. The number of carbonyl (C=O) groups excluding carboxylic acids is 2. The minimum Gasteiger partial charge on any atom is -0.356 e. The van der Waals surface area contributed by atoms with Gasteiger partial charge in [-0.3, -0.25) is 9.59 Å². The lowest BCUT2D eigenvalue weighted by Crippen LogP contribution is -2.67. The van der Waals surface area contributed by atoms with E-state index < -0.39 is 5.54 Å². The lowest BCUT2D eigenvalue weighted by molar-refractivity contribution is -0.166. The van der Waals surface area contributed by atoms with Gasteiger partial charge < -0.3 is 14.8 Å². The van der Waals surface area contributed by atoms with Gasteiger partial charge in [-0.15, -0.1) is 0 Å². The molecular weight excluding hydrogens is 410 g/mol. The molecule has 2 atom stereocenters. The monoisotopic (exact) mass is 435 g/mol. The first-order valence-corrected chi connectivity index (χ1v) is 11.2. The Morgan fingerprint density at radius 1 is 1.13 bits per heavy atom. The van der Waals surface area contributed by atoms with Crippen LogP contribution in [0.5, 0.6) is 0 Å². The molecule has 2 aliphatic heterocycles. The maximum absolute atomic E-state index is 13.8. The zero-order chi connectivity index (χ0) is 21.9. The Morgan fingerprint density at radius 2 is 1.84 bits per heavy atom. The van der Waals surface area contributed by atoms with Crippen molar-refractivity contribution in [3.8, 4) is 0 Å². The van der Waals surface area contributed by atoms with E-state index in [9.17, 15) is 9.59 Å². The van der Waals surface area contributed by atoms with Crippen LogP contribution in [0.15, 0.2) is 48.5 Å². The molecule has 2 amide bonds. The van der Waals surface area contributed by atoms with Crippen molar-refractivity contribution >= 4 is 34.3 Å². The third kappa shape index (κ3) is 2.90. The number of amides is 2. The van der Waals surface area contributed by atoms with Crippen LogP contribution in [0.4, 0.5) is 0 Å². The number of rotatable bonds is 3. The van der Waals surface area contributed by atoms with Crippen LogP contribution in [-0.4, -0.2) is 46.2 Å². The third-order valence-electron chi connectivity index (χ3n) is 6.68. The fourth-order valence-electron chi connectivity index (χ4n) is 5.30. The van der Waals surface area contributed by atoms with Crippen molar-refractivity contribution in [2.75, 3.05) is 19.6 Å². The molecule has 0 aliphatic carbocycles. The molecular formula is C25H26ClN3O2. The zero-order valence-electron chi connectivity index (χ0n) is 18.0. The highest BCUT2D eigenvalue weighted by molar-refractivity contribution is 6.31. The summed E-state index contributed by atoms with van der Waals surface area (Å²) in [6, 6.07) is 15.9. The molecule has 2 aliphatic rings. The molecule has 0 spiro atoms. The number of piperazine rings is 1. The van der Waals surface area contributed by atoms with E-state index in [1.165, 1.54) is 0 Å². The van der Waals surface area contributed by atoms with Gasteiger partial charge >= 0.3 is 0 Å². The van der Waals surface area contributed by atoms with Crippen molar-refractivity contribution in [2.24, 2.45) is 5.92 Å². The molecule has 3 heterocycles. The summed E-state index contributed by atoms with van der Waals surface area (Å²) in [5.74, 6) is 0.130. The predicted molar refractivity (Wildman–Crippen MR) is 122 cm³/mol. The molecule has 3 aromatic rings. The highest BCUT2D eigenvalue weighted by Gasteiger charge is 2.56. The Bertz CT molecular complexity index is 1200. The minimum atomic E-state index is -1.06. The molecule has 1 N–H and O–H groups in total. The van der Waals surface area contributed by atoms with E-state index in [0.717, 1.165) is 27.7 Å². The van der Waals surface area contributed by atoms with E-state index in [1.807, 2.05) is 49.4 Å². The Kier molecular flexibility index (Phi) is 4.63. The summed E-state index contributed by atoms with van der Waals surface area (Å²) >= 11 is 6.61. The molecule has 160 valence electrons. The van der Waals surface area contributed by atoms with Crippen LogP contribution >= 0.6 is 11.6 Å². The summed E-state index contributed by atoms with van der Waals surface area (Å²) in [5, 5.41) is 1.74. The maximum Gasteiger partial charge on any atom is 0.254 e. The second-order valence-electron chi connectivity index (χ2n) is 9.19. The molecule has 0 saturated carbocycles. The lowest BCUT2D eigenvalue weighted by atomic mass is 9.76. The fourth-order valence-corrected chi connectivity index (χ4v) is 5.57. The minimum absolute atomic E-state index is 0.0220. The van der Waals surface area contributed by atoms with Gasteiger partial charge in [-0.05, 0) is 36.1 Å². The number of aromatic nitrogens is 1. The molecule has 1 saturated heterocycles. The second kappa shape index (κ2) is 7.13. The lowest BCUT2D eigenvalue weighted by Gasteiger charge is -2.51. The van der Waals surface area contributed by atoms with Crippen LogP contribution in [0.1, 0.15) is 43.5 Å². The SMILES string of the molecule is CC(C)CN1CC(=O)N2CC(c3ccccc3Cl)c3c([nH]c4ccccc34)[C@@]2(C)C1=O. The number of hydrogen-bond acceptors (Lipinski definition) is 2. The van der Waals surface area contributed by atoms with Crippen LogP contribution in [0.2, 0.25) is 5.02 Å². The van der Waals surface area contributed by atoms with Gasteiger partial charge in [0.05, 0.1) is 12.2 Å². The number of fused-ring (bicyclic) bond motifs is 5. The average Bonchev–Trinajstić information content (AvgIpc) is 3.13. The highest BCUT2D eigenvalue weighted by Crippen LogP contribution is 2.49. The molecule has 1 aromatic heterocycles.